The fourth-order valence-corrected chi connectivity index (χ4v) is 3.05. The summed E-state index contributed by atoms with van der Waals surface area (Å²) in [6.07, 6.45) is 0.822. The van der Waals surface area contributed by atoms with Crippen LogP contribution < -0.4 is 14.8 Å². The summed E-state index contributed by atoms with van der Waals surface area (Å²) in [5.74, 6) is 1.44. The minimum Gasteiger partial charge on any atom is -0.497 e. The molecule has 7 nitrogen and oxygen atoms in total. The van der Waals surface area contributed by atoms with Crippen molar-refractivity contribution in [1.82, 2.24) is 9.97 Å². The molecule has 0 bridgehead atoms. The summed E-state index contributed by atoms with van der Waals surface area (Å²) in [4.78, 5) is 25.7. The molecule has 0 fully saturated rings. The molecule has 1 N–H and O–H groups in total. The maximum absolute atomic E-state index is 12.6. The van der Waals surface area contributed by atoms with Crippen molar-refractivity contribution in [3.8, 4) is 23.0 Å². The lowest BCUT2D eigenvalue weighted by molar-refractivity contribution is 0.100. The number of amides is 1. The molecule has 7 heteroatoms. The van der Waals surface area contributed by atoms with E-state index in [-0.39, 0.29) is 17.8 Å². The highest BCUT2D eigenvalue weighted by molar-refractivity contribution is 6.04. The molecule has 3 aromatic rings. The first-order chi connectivity index (χ1) is 15.9. The number of ether oxygens (including phenoxy) is 2. The molecule has 0 unspecified atom stereocenters. The maximum atomic E-state index is 12.6. The van der Waals surface area contributed by atoms with Gasteiger partial charge in [-0.05, 0) is 49.1 Å². The van der Waals surface area contributed by atoms with Crippen molar-refractivity contribution in [2.24, 2.45) is 10.9 Å². The molecule has 1 amide bonds. The molecule has 1 aromatic heterocycles. The van der Waals surface area contributed by atoms with Crippen LogP contribution >= 0.6 is 0 Å². The molecule has 0 aliphatic heterocycles. The van der Waals surface area contributed by atoms with Crippen LogP contribution in [-0.4, -0.2) is 42.4 Å². The van der Waals surface area contributed by atoms with Gasteiger partial charge in [-0.2, -0.15) is 9.97 Å². The minimum absolute atomic E-state index is 0.217. The molecular formula is C26H30N4O3. The second-order valence-corrected chi connectivity index (χ2v) is 7.94. The first-order valence-electron chi connectivity index (χ1n) is 10.9. The number of carbonyl (C=O) groups is 1. The molecule has 0 saturated heterocycles. The molecule has 1 heterocycles. The zero-order valence-corrected chi connectivity index (χ0v) is 19.8. The van der Waals surface area contributed by atoms with E-state index < -0.39 is 0 Å². The molecule has 0 spiro atoms. The lowest BCUT2D eigenvalue weighted by Gasteiger charge is -2.10. The quantitative estimate of drug-likeness (QED) is 0.462. The monoisotopic (exact) mass is 446 g/mol. The summed E-state index contributed by atoms with van der Waals surface area (Å²) in [5.41, 5.74) is 3.95. The van der Waals surface area contributed by atoms with Gasteiger partial charge in [-0.15, -0.1) is 0 Å². The van der Waals surface area contributed by atoms with E-state index in [9.17, 15) is 4.79 Å². The van der Waals surface area contributed by atoms with Crippen LogP contribution in [0.25, 0.3) is 11.3 Å². The summed E-state index contributed by atoms with van der Waals surface area (Å²) in [6, 6.07) is 17.4. The highest BCUT2D eigenvalue weighted by atomic mass is 16.5. The SMILES string of the molecule is COc1ccc(CCNc2cc(-c3cccc(C(=O)/N=C(/C)C(C)C)c3)nc(OC)n2)cc1. The second kappa shape index (κ2) is 11.2. The fraction of sp³-hybridized carbons (Fsp3) is 0.308. The predicted octanol–water partition coefficient (Wildman–Crippen LogP) is 5.07. The molecule has 2 aromatic carbocycles. The number of aromatic nitrogens is 2. The van der Waals surface area contributed by atoms with Gasteiger partial charge >= 0.3 is 6.01 Å². The topological polar surface area (TPSA) is 85.7 Å². The van der Waals surface area contributed by atoms with E-state index in [0.717, 1.165) is 23.4 Å². The number of hydrogen-bond donors (Lipinski definition) is 1. The van der Waals surface area contributed by atoms with Gasteiger partial charge in [0, 0.05) is 29.4 Å². The van der Waals surface area contributed by atoms with Gasteiger partial charge in [-0.25, -0.2) is 4.99 Å². The number of aliphatic imine (C=N–C) groups is 1. The van der Waals surface area contributed by atoms with Crippen molar-refractivity contribution >= 4 is 17.4 Å². The molecule has 3 rings (SSSR count). The van der Waals surface area contributed by atoms with Crippen LogP contribution in [0.1, 0.15) is 36.7 Å². The van der Waals surface area contributed by atoms with Gasteiger partial charge < -0.3 is 14.8 Å². The first-order valence-corrected chi connectivity index (χ1v) is 10.9. The highest BCUT2D eigenvalue weighted by Gasteiger charge is 2.11. The van der Waals surface area contributed by atoms with Gasteiger partial charge in [-0.3, -0.25) is 4.79 Å². The Balaban J connectivity index is 1.77. The van der Waals surface area contributed by atoms with Gasteiger partial charge in [-0.1, -0.05) is 38.1 Å². The zero-order chi connectivity index (χ0) is 23.8. The Morgan fingerprint density at radius 1 is 1.03 bits per heavy atom. The number of nitrogens with zero attached hydrogens (tertiary/aromatic N) is 3. The van der Waals surface area contributed by atoms with Crippen molar-refractivity contribution in [3.05, 3.63) is 65.7 Å². The standard InChI is InChI=1S/C26H30N4O3/c1-17(2)18(3)28-25(31)21-8-6-7-20(15-21)23-16-24(30-26(29-23)33-5)27-14-13-19-9-11-22(32-4)12-10-19/h6-12,15-17H,13-14H2,1-5H3,(H,27,29,30)/b28-18-. The molecule has 0 radical (unpaired) electrons. The number of rotatable bonds is 9. The Morgan fingerprint density at radius 3 is 2.45 bits per heavy atom. The normalized spacial score (nSPS) is 11.4. The summed E-state index contributed by atoms with van der Waals surface area (Å²) in [6.45, 7) is 6.58. The van der Waals surface area contributed by atoms with Gasteiger partial charge in [0.2, 0.25) is 0 Å². The molecule has 172 valence electrons. The van der Waals surface area contributed by atoms with Crippen molar-refractivity contribution < 1.29 is 14.3 Å². The van der Waals surface area contributed by atoms with Crippen molar-refractivity contribution in [1.29, 1.82) is 0 Å². The largest absolute Gasteiger partial charge is 0.497 e. The van der Waals surface area contributed by atoms with E-state index in [2.05, 4.69) is 20.3 Å². The van der Waals surface area contributed by atoms with Gasteiger partial charge in [0.05, 0.1) is 19.9 Å². The van der Waals surface area contributed by atoms with Crippen LogP contribution in [0.3, 0.4) is 0 Å². The van der Waals surface area contributed by atoms with E-state index in [0.29, 0.717) is 23.6 Å². The third-order valence-electron chi connectivity index (χ3n) is 5.29. The van der Waals surface area contributed by atoms with Crippen LogP contribution in [0.15, 0.2) is 59.6 Å². The third kappa shape index (κ3) is 6.62. The number of nitrogens with one attached hydrogen (secondary N) is 1. The number of hydrogen-bond acceptors (Lipinski definition) is 6. The molecule has 33 heavy (non-hydrogen) atoms. The summed E-state index contributed by atoms with van der Waals surface area (Å²) in [7, 11) is 3.19. The van der Waals surface area contributed by atoms with Crippen LogP contribution in [0.2, 0.25) is 0 Å². The second-order valence-electron chi connectivity index (χ2n) is 7.94. The van der Waals surface area contributed by atoms with Crippen LogP contribution in [-0.2, 0) is 6.42 Å². The van der Waals surface area contributed by atoms with Crippen molar-refractivity contribution in [2.45, 2.75) is 27.2 Å². The fourth-order valence-electron chi connectivity index (χ4n) is 3.05. The summed E-state index contributed by atoms with van der Waals surface area (Å²) >= 11 is 0. The zero-order valence-electron chi connectivity index (χ0n) is 19.8. The predicted molar refractivity (Wildman–Crippen MR) is 131 cm³/mol. The summed E-state index contributed by atoms with van der Waals surface area (Å²) in [5, 5.41) is 3.33. The smallest absolute Gasteiger partial charge is 0.318 e. The molecular weight excluding hydrogens is 416 g/mol. The average Bonchev–Trinajstić information content (AvgIpc) is 2.84. The average molecular weight is 447 g/mol. The van der Waals surface area contributed by atoms with Gasteiger partial charge in [0.15, 0.2) is 0 Å². The lowest BCUT2D eigenvalue weighted by Crippen LogP contribution is -2.08. The first kappa shape index (κ1) is 23.9. The summed E-state index contributed by atoms with van der Waals surface area (Å²) < 4.78 is 10.5. The van der Waals surface area contributed by atoms with E-state index in [1.165, 1.54) is 12.7 Å². The minimum atomic E-state index is -0.262. The number of carbonyl (C=O) groups excluding carboxylic acids is 1. The Kier molecular flexibility index (Phi) is 8.13. The highest BCUT2D eigenvalue weighted by Crippen LogP contribution is 2.24. The number of anilines is 1. The Labute approximate surface area is 194 Å². The lowest BCUT2D eigenvalue weighted by atomic mass is 10.1. The van der Waals surface area contributed by atoms with Gasteiger partial charge in [0.25, 0.3) is 5.91 Å². The van der Waals surface area contributed by atoms with Gasteiger partial charge in [0.1, 0.15) is 11.6 Å². The molecule has 0 atom stereocenters. The maximum Gasteiger partial charge on any atom is 0.318 e. The van der Waals surface area contributed by atoms with Crippen LogP contribution in [0.4, 0.5) is 5.82 Å². The van der Waals surface area contributed by atoms with E-state index >= 15 is 0 Å². The molecule has 0 aliphatic carbocycles. The Morgan fingerprint density at radius 2 is 1.79 bits per heavy atom. The Bertz CT molecular complexity index is 1120. The van der Waals surface area contributed by atoms with Crippen LogP contribution in [0.5, 0.6) is 11.8 Å². The Hall–Kier alpha value is -3.74. The van der Waals surface area contributed by atoms with Crippen molar-refractivity contribution in [3.63, 3.8) is 0 Å². The van der Waals surface area contributed by atoms with E-state index in [1.807, 2.05) is 63.2 Å². The van der Waals surface area contributed by atoms with Crippen molar-refractivity contribution in [2.75, 3.05) is 26.1 Å². The molecule has 0 saturated carbocycles. The number of methoxy groups -OCH3 is 2. The third-order valence-corrected chi connectivity index (χ3v) is 5.29. The molecule has 0 aliphatic rings. The van der Waals surface area contributed by atoms with E-state index in [1.54, 1.807) is 19.2 Å². The van der Waals surface area contributed by atoms with Crippen LogP contribution in [0, 0.1) is 5.92 Å². The number of benzene rings is 2. The van der Waals surface area contributed by atoms with E-state index in [4.69, 9.17) is 9.47 Å².